The van der Waals surface area contributed by atoms with Crippen molar-refractivity contribution >= 4 is 17.6 Å². The summed E-state index contributed by atoms with van der Waals surface area (Å²) in [5, 5.41) is 0. The van der Waals surface area contributed by atoms with E-state index in [9.17, 15) is 0 Å². The highest BCUT2D eigenvalue weighted by molar-refractivity contribution is 6.12. The van der Waals surface area contributed by atoms with Gasteiger partial charge < -0.3 is 9.64 Å². The van der Waals surface area contributed by atoms with Gasteiger partial charge in [0.1, 0.15) is 5.84 Å². The van der Waals surface area contributed by atoms with Gasteiger partial charge in [0.25, 0.3) is 0 Å². The van der Waals surface area contributed by atoms with Gasteiger partial charge in [0.2, 0.25) is 0 Å². The highest BCUT2D eigenvalue weighted by Crippen LogP contribution is 2.33. The second-order valence-electron chi connectivity index (χ2n) is 7.06. The number of rotatable bonds is 3. The lowest BCUT2D eigenvalue weighted by molar-refractivity contribution is 0.0342. The third-order valence-corrected chi connectivity index (χ3v) is 5.39. The number of hydrogen-bond donors (Lipinski definition) is 0. The molecular formula is C22H23N3O. The first-order chi connectivity index (χ1) is 12.9. The van der Waals surface area contributed by atoms with E-state index in [0.29, 0.717) is 0 Å². The first kappa shape index (κ1) is 15.8. The zero-order chi connectivity index (χ0) is 17.3. The van der Waals surface area contributed by atoms with Crippen LogP contribution in [0, 0.1) is 0 Å². The smallest absolute Gasteiger partial charge is 0.136 e. The number of nitrogens with zero attached hydrogens (tertiary/aromatic N) is 3. The van der Waals surface area contributed by atoms with Crippen molar-refractivity contribution in [1.29, 1.82) is 0 Å². The van der Waals surface area contributed by atoms with Crippen LogP contribution in [-0.2, 0) is 11.3 Å². The Labute approximate surface area is 154 Å². The van der Waals surface area contributed by atoms with Gasteiger partial charge in [-0.1, -0.05) is 48.5 Å². The third kappa shape index (κ3) is 2.85. The van der Waals surface area contributed by atoms with Crippen LogP contribution in [-0.4, -0.2) is 55.0 Å². The molecule has 4 nitrogen and oxygen atoms in total. The number of morpholine rings is 1. The molecule has 0 atom stereocenters. The van der Waals surface area contributed by atoms with E-state index in [1.165, 1.54) is 28.0 Å². The van der Waals surface area contributed by atoms with Crippen molar-refractivity contribution in [2.45, 2.75) is 6.54 Å². The van der Waals surface area contributed by atoms with Crippen LogP contribution in [0.4, 0.5) is 0 Å². The van der Waals surface area contributed by atoms with E-state index < -0.39 is 0 Å². The van der Waals surface area contributed by atoms with Crippen LogP contribution < -0.4 is 0 Å². The minimum Gasteiger partial charge on any atom is -0.379 e. The maximum absolute atomic E-state index is 5.44. The fourth-order valence-electron chi connectivity index (χ4n) is 4.00. The molecule has 2 aromatic rings. The summed E-state index contributed by atoms with van der Waals surface area (Å²) >= 11 is 0. The molecule has 0 aromatic heterocycles. The van der Waals surface area contributed by atoms with Crippen LogP contribution >= 0.6 is 0 Å². The van der Waals surface area contributed by atoms with Crippen LogP contribution in [0.5, 0.6) is 0 Å². The molecule has 0 spiro atoms. The highest BCUT2D eigenvalue weighted by atomic mass is 16.5. The molecule has 2 aromatic carbocycles. The number of amidine groups is 1. The molecule has 0 radical (unpaired) electrons. The molecule has 4 heteroatoms. The maximum Gasteiger partial charge on any atom is 0.136 e. The van der Waals surface area contributed by atoms with Crippen LogP contribution in [0.15, 0.2) is 53.5 Å². The van der Waals surface area contributed by atoms with E-state index in [1.54, 1.807) is 0 Å². The van der Waals surface area contributed by atoms with E-state index in [0.717, 1.165) is 51.8 Å². The topological polar surface area (TPSA) is 28.1 Å². The molecule has 1 saturated heterocycles. The molecule has 0 saturated carbocycles. The lowest BCUT2D eigenvalue weighted by atomic mass is 9.97. The monoisotopic (exact) mass is 345 g/mol. The minimum atomic E-state index is 0.849. The first-order valence-electron chi connectivity index (χ1n) is 9.41. The fraction of sp³-hybridized carbons (Fsp3) is 0.318. The largest absolute Gasteiger partial charge is 0.379 e. The number of aliphatic imine (C=N–C) groups is 1. The average molecular weight is 345 g/mol. The molecule has 3 aliphatic rings. The molecule has 5 rings (SSSR count). The predicted molar refractivity (Wildman–Crippen MR) is 105 cm³/mol. The fourth-order valence-corrected chi connectivity index (χ4v) is 4.00. The van der Waals surface area contributed by atoms with Crippen LogP contribution in [0.3, 0.4) is 0 Å². The van der Waals surface area contributed by atoms with E-state index in [1.807, 2.05) is 0 Å². The molecular weight excluding hydrogens is 322 g/mol. The van der Waals surface area contributed by atoms with Gasteiger partial charge in [-0.15, -0.1) is 0 Å². The van der Waals surface area contributed by atoms with Gasteiger partial charge >= 0.3 is 0 Å². The van der Waals surface area contributed by atoms with Crippen molar-refractivity contribution in [3.63, 3.8) is 0 Å². The third-order valence-electron chi connectivity index (χ3n) is 5.39. The Hall–Kier alpha value is -2.43. The van der Waals surface area contributed by atoms with Gasteiger partial charge in [-0.2, -0.15) is 0 Å². The summed E-state index contributed by atoms with van der Waals surface area (Å²) in [7, 11) is 0. The van der Waals surface area contributed by atoms with E-state index in [-0.39, 0.29) is 0 Å². The summed E-state index contributed by atoms with van der Waals surface area (Å²) < 4.78 is 5.44. The van der Waals surface area contributed by atoms with Crippen molar-refractivity contribution in [1.82, 2.24) is 9.80 Å². The molecule has 0 bridgehead atoms. The number of benzene rings is 2. The Morgan fingerprint density at radius 1 is 0.923 bits per heavy atom. The minimum absolute atomic E-state index is 0.849. The van der Waals surface area contributed by atoms with E-state index in [2.05, 4.69) is 64.4 Å². The zero-order valence-corrected chi connectivity index (χ0v) is 14.9. The quantitative estimate of drug-likeness (QED) is 0.856. The van der Waals surface area contributed by atoms with Crippen LogP contribution in [0.25, 0.3) is 11.8 Å². The first-order valence-corrected chi connectivity index (χ1v) is 9.41. The molecule has 3 aliphatic heterocycles. The maximum atomic E-state index is 5.44. The molecule has 132 valence electrons. The van der Waals surface area contributed by atoms with Gasteiger partial charge in [0.15, 0.2) is 0 Å². The summed E-state index contributed by atoms with van der Waals surface area (Å²) in [6, 6.07) is 17.6. The number of hydrogen-bond acceptors (Lipinski definition) is 4. The molecule has 0 N–H and O–H groups in total. The van der Waals surface area contributed by atoms with Gasteiger partial charge in [-0.3, -0.25) is 9.89 Å². The average Bonchev–Trinajstić information content (AvgIpc) is 3.19. The summed E-state index contributed by atoms with van der Waals surface area (Å²) in [5.74, 6) is 1.12. The van der Waals surface area contributed by atoms with Crippen molar-refractivity contribution in [3.05, 3.63) is 70.8 Å². The Kier molecular flexibility index (Phi) is 4.07. The van der Waals surface area contributed by atoms with Crippen LogP contribution in [0.2, 0.25) is 0 Å². The second-order valence-corrected chi connectivity index (χ2v) is 7.06. The SMILES string of the molecule is C1=C(c2ccc(CN3CCOCC3)cc2)N2CCN=C2c2ccccc21. The molecule has 3 heterocycles. The van der Waals surface area contributed by atoms with E-state index in [4.69, 9.17) is 9.73 Å². The summed E-state index contributed by atoms with van der Waals surface area (Å²) in [5.41, 5.74) is 6.40. The summed E-state index contributed by atoms with van der Waals surface area (Å²) in [6.07, 6.45) is 2.30. The normalized spacial score (nSPS) is 19.6. The lowest BCUT2D eigenvalue weighted by Crippen LogP contribution is -2.35. The van der Waals surface area contributed by atoms with Crippen molar-refractivity contribution in [3.8, 4) is 0 Å². The molecule has 1 fully saturated rings. The predicted octanol–water partition coefficient (Wildman–Crippen LogP) is 3.09. The van der Waals surface area contributed by atoms with Crippen molar-refractivity contribution < 1.29 is 4.74 Å². The standard InChI is InChI=1S/C22H23N3O/c1-2-4-20-19(3-1)15-21(25-10-9-23-22(20)25)18-7-5-17(6-8-18)16-24-11-13-26-14-12-24/h1-8,15H,9-14,16H2. The molecule has 26 heavy (non-hydrogen) atoms. The zero-order valence-electron chi connectivity index (χ0n) is 14.9. The summed E-state index contributed by atoms with van der Waals surface area (Å²) in [4.78, 5) is 9.57. The molecule has 0 aliphatic carbocycles. The van der Waals surface area contributed by atoms with Gasteiger partial charge in [0.05, 0.1) is 25.5 Å². The Morgan fingerprint density at radius 3 is 2.58 bits per heavy atom. The Morgan fingerprint density at radius 2 is 1.73 bits per heavy atom. The van der Waals surface area contributed by atoms with Gasteiger partial charge in [-0.05, 0) is 22.8 Å². The molecule has 0 unspecified atom stereocenters. The van der Waals surface area contributed by atoms with Gasteiger partial charge in [-0.25, -0.2) is 0 Å². The van der Waals surface area contributed by atoms with E-state index >= 15 is 0 Å². The Balaban J connectivity index is 1.42. The number of ether oxygens (including phenoxy) is 1. The van der Waals surface area contributed by atoms with Gasteiger partial charge in [0, 0.05) is 31.7 Å². The van der Waals surface area contributed by atoms with Crippen molar-refractivity contribution in [2.75, 3.05) is 39.4 Å². The van der Waals surface area contributed by atoms with Crippen LogP contribution in [0.1, 0.15) is 22.3 Å². The molecule has 0 amide bonds. The summed E-state index contributed by atoms with van der Waals surface area (Å²) in [6.45, 7) is 6.58. The lowest BCUT2D eigenvalue weighted by Gasteiger charge is -2.29. The number of fused-ring (bicyclic) bond motifs is 3. The Bertz CT molecular complexity index is 863. The highest BCUT2D eigenvalue weighted by Gasteiger charge is 2.28. The second kappa shape index (κ2) is 6.71. The van der Waals surface area contributed by atoms with Crippen molar-refractivity contribution in [2.24, 2.45) is 4.99 Å².